The van der Waals surface area contributed by atoms with Gasteiger partial charge in [0, 0.05) is 26.1 Å². The van der Waals surface area contributed by atoms with Gasteiger partial charge in [-0.05, 0) is 36.7 Å². The zero-order valence-electron chi connectivity index (χ0n) is 17.6. The van der Waals surface area contributed by atoms with Crippen molar-refractivity contribution in [1.29, 1.82) is 0 Å². The summed E-state index contributed by atoms with van der Waals surface area (Å²) in [6, 6.07) is 16.2. The molecule has 0 radical (unpaired) electrons. The lowest BCUT2D eigenvalue weighted by Crippen LogP contribution is -2.42. The quantitative estimate of drug-likeness (QED) is 0.548. The molecule has 6 nitrogen and oxygen atoms in total. The van der Waals surface area contributed by atoms with Gasteiger partial charge in [-0.3, -0.25) is 9.59 Å². The summed E-state index contributed by atoms with van der Waals surface area (Å²) in [6.45, 7) is 5.20. The van der Waals surface area contributed by atoms with Crippen molar-refractivity contribution in [3.63, 3.8) is 0 Å². The van der Waals surface area contributed by atoms with Gasteiger partial charge in [-0.25, -0.2) is 4.98 Å². The van der Waals surface area contributed by atoms with Crippen molar-refractivity contribution in [3.05, 3.63) is 59.7 Å². The van der Waals surface area contributed by atoms with E-state index in [2.05, 4.69) is 46.6 Å². The number of rotatable bonds is 9. The number of hydrogen-bond acceptors (Lipinski definition) is 5. The molecule has 30 heavy (non-hydrogen) atoms. The summed E-state index contributed by atoms with van der Waals surface area (Å²) in [5, 5.41) is 6.45. The number of thiazole rings is 1. The maximum absolute atomic E-state index is 12.6. The number of benzene rings is 2. The molecular formula is C23H28N4O2S. The topological polar surface area (TPSA) is 74.3 Å². The van der Waals surface area contributed by atoms with Crippen molar-refractivity contribution in [3.8, 4) is 0 Å². The number of hydrogen-bond donors (Lipinski definition) is 2. The maximum Gasteiger partial charge on any atom is 0.224 e. The molecule has 0 saturated carbocycles. The van der Waals surface area contributed by atoms with Crippen LogP contribution in [0.5, 0.6) is 0 Å². The van der Waals surface area contributed by atoms with E-state index in [0.29, 0.717) is 11.6 Å². The molecule has 0 spiro atoms. The fourth-order valence-electron chi connectivity index (χ4n) is 3.36. The molecule has 3 rings (SSSR count). The summed E-state index contributed by atoms with van der Waals surface area (Å²) in [5.74, 6) is -0.127. The first kappa shape index (κ1) is 21.9. The summed E-state index contributed by atoms with van der Waals surface area (Å²) in [4.78, 5) is 30.4. The van der Waals surface area contributed by atoms with Crippen LogP contribution in [0.15, 0.2) is 48.5 Å². The number of aromatic nitrogens is 1. The molecule has 0 bridgehead atoms. The van der Waals surface area contributed by atoms with E-state index in [1.807, 2.05) is 36.4 Å². The smallest absolute Gasteiger partial charge is 0.224 e. The predicted octanol–water partition coefficient (Wildman–Crippen LogP) is 3.82. The van der Waals surface area contributed by atoms with Gasteiger partial charge in [-0.2, -0.15) is 0 Å². The third-order valence-corrected chi connectivity index (χ3v) is 5.72. The van der Waals surface area contributed by atoms with E-state index in [1.54, 1.807) is 0 Å². The zero-order chi connectivity index (χ0) is 21.5. The lowest BCUT2D eigenvalue weighted by atomic mass is 10.1. The van der Waals surface area contributed by atoms with Gasteiger partial charge in [0.15, 0.2) is 5.13 Å². The van der Waals surface area contributed by atoms with Gasteiger partial charge in [0.1, 0.15) is 0 Å². The second-order valence-corrected chi connectivity index (χ2v) is 8.56. The molecule has 2 N–H and O–H groups in total. The van der Waals surface area contributed by atoms with Gasteiger partial charge < -0.3 is 15.5 Å². The monoisotopic (exact) mass is 424 g/mol. The van der Waals surface area contributed by atoms with Gasteiger partial charge in [-0.15, -0.1) is 0 Å². The molecule has 0 fully saturated rings. The fraction of sp³-hybridized carbons (Fsp3) is 0.348. The molecule has 1 heterocycles. The van der Waals surface area contributed by atoms with Crippen LogP contribution in [0.2, 0.25) is 0 Å². The molecule has 2 aromatic carbocycles. The van der Waals surface area contributed by atoms with E-state index in [9.17, 15) is 9.59 Å². The highest BCUT2D eigenvalue weighted by molar-refractivity contribution is 7.22. The van der Waals surface area contributed by atoms with Crippen LogP contribution >= 0.6 is 11.3 Å². The minimum Gasteiger partial charge on any atom is -0.352 e. The Bertz CT molecular complexity index is 1000. The SMILES string of the molecule is CCC(CN(C)Cc1ccccc1)NC(=O)Cc1ccc2nc(NC(C)=O)sc2c1. The van der Waals surface area contributed by atoms with Crippen LogP contribution in [0.3, 0.4) is 0 Å². The molecule has 158 valence electrons. The van der Waals surface area contributed by atoms with Crippen molar-refractivity contribution in [2.45, 2.75) is 39.3 Å². The third-order valence-electron chi connectivity index (χ3n) is 4.79. The Labute approximate surface area is 181 Å². The van der Waals surface area contributed by atoms with Crippen LogP contribution in [-0.2, 0) is 22.6 Å². The number of fused-ring (bicyclic) bond motifs is 1. The molecule has 0 aliphatic carbocycles. The standard InChI is InChI=1S/C23H28N4O2S/c1-4-19(15-27(3)14-17-8-6-5-7-9-17)25-22(29)13-18-10-11-20-21(12-18)30-23(26-20)24-16(2)28/h5-12,19H,4,13-15H2,1-3H3,(H,25,29)(H,24,26,28). The van der Waals surface area contributed by atoms with E-state index in [-0.39, 0.29) is 17.9 Å². The van der Waals surface area contributed by atoms with Crippen molar-refractivity contribution >= 4 is 38.5 Å². The number of carbonyl (C=O) groups excluding carboxylic acids is 2. The normalized spacial score (nSPS) is 12.1. The van der Waals surface area contributed by atoms with Crippen molar-refractivity contribution < 1.29 is 9.59 Å². The first-order valence-electron chi connectivity index (χ1n) is 10.1. The first-order valence-corrected chi connectivity index (χ1v) is 10.9. The van der Waals surface area contributed by atoms with Gasteiger partial charge in [-0.1, -0.05) is 54.7 Å². The van der Waals surface area contributed by atoms with Gasteiger partial charge in [0.2, 0.25) is 11.8 Å². The number of nitrogens with zero attached hydrogens (tertiary/aromatic N) is 2. The van der Waals surface area contributed by atoms with Crippen LogP contribution in [0.1, 0.15) is 31.4 Å². The molecule has 1 unspecified atom stereocenters. The number of amides is 2. The highest BCUT2D eigenvalue weighted by Crippen LogP contribution is 2.27. The van der Waals surface area contributed by atoms with E-state index >= 15 is 0 Å². The van der Waals surface area contributed by atoms with Crippen molar-refractivity contribution in [2.75, 3.05) is 18.9 Å². The highest BCUT2D eigenvalue weighted by atomic mass is 32.1. The van der Waals surface area contributed by atoms with Gasteiger partial charge >= 0.3 is 0 Å². The average Bonchev–Trinajstić information content (AvgIpc) is 3.08. The Morgan fingerprint density at radius 3 is 2.60 bits per heavy atom. The summed E-state index contributed by atoms with van der Waals surface area (Å²) in [7, 11) is 2.08. The summed E-state index contributed by atoms with van der Waals surface area (Å²) in [6.07, 6.45) is 1.20. The Balaban J connectivity index is 1.55. The summed E-state index contributed by atoms with van der Waals surface area (Å²) < 4.78 is 0.957. The Hall–Kier alpha value is -2.77. The Kier molecular flexibility index (Phi) is 7.54. The lowest BCUT2D eigenvalue weighted by molar-refractivity contribution is -0.121. The minimum atomic E-state index is -0.142. The second-order valence-electron chi connectivity index (χ2n) is 7.53. The van der Waals surface area contributed by atoms with E-state index in [1.165, 1.54) is 23.8 Å². The summed E-state index contributed by atoms with van der Waals surface area (Å²) in [5.41, 5.74) is 3.02. The molecule has 0 aliphatic rings. The molecule has 0 saturated heterocycles. The highest BCUT2D eigenvalue weighted by Gasteiger charge is 2.14. The minimum absolute atomic E-state index is 0.0147. The number of anilines is 1. The summed E-state index contributed by atoms with van der Waals surface area (Å²) >= 11 is 1.41. The number of carbonyl (C=O) groups is 2. The van der Waals surface area contributed by atoms with Gasteiger partial charge in [0.25, 0.3) is 0 Å². The van der Waals surface area contributed by atoms with Crippen LogP contribution in [0.4, 0.5) is 5.13 Å². The van der Waals surface area contributed by atoms with Gasteiger partial charge in [0.05, 0.1) is 16.6 Å². The van der Waals surface area contributed by atoms with Crippen molar-refractivity contribution in [1.82, 2.24) is 15.2 Å². The zero-order valence-corrected chi connectivity index (χ0v) is 18.5. The molecule has 3 aromatic rings. The van der Waals surface area contributed by atoms with Crippen LogP contribution in [0, 0.1) is 0 Å². The van der Waals surface area contributed by atoms with E-state index in [0.717, 1.165) is 35.3 Å². The van der Waals surface area contributed by atoms with E-state index in [4.69, 9.17) is 0 Å². The third kappa shape index (κ3) is 6.37. The lowest BCUT2D eigenvalue weighted by Gasteiger charge is -2.24. The average molecular weight is 425 g/mol. The molecular weight excluding hydrogens is 396 g/mol. The van der Waals surface area contributed by atoms with Crippen LogP contribution in [-0.4, -0.2) is 41.3 Å². The fourth-order valence-corrected chi connectivity index (χ4v) is 4.34. The molecule has 2 amide bonds. The van der Waals surface area contributed by atoms with E-state index < -0.39 is 0 Å². The maximum atomic E-state index is 12.6. The first-order chi connectivity index (χ1) is 14.4. The number of nitrogens with one attached hydrogen (secondary N) is 2. The molecule has 1 atom stereocenters. The van der Waals surface area contributed by atoms with Crippen molar-refractivity contribution in [2.24, 2.45) is 0 Å². The molecule has 7 heteroatoms. The predicted molar refractivity (Wildman–Crippen MR) is 123 cm³/mol. The second kappa shape index (κ2) is 10.3. The Morgan fingerprint density at radius 2 is 1.90 bits per heavy atom. The molecule has 1 aromatic heterocycles. The van der Waals surface area contributed by atoms with Crippen LogP contribution < -0.4 is 10.6 Å². The number of likely N-dealkylation sites (N-methyl/N-ethyl adjacent to an activating group) is 1. The Morgan fingerprint density at radius 1 is 1.13 bits per heavy atom. The largest absolute Gasteiger partial charge is 0.352 e. The molecule has 0 aliphatic heterocycles. The van der Waals surface area contributed by atoms with Crippen LogP contribution in [0.25, 0.3) is 10.2 Å².